The Morgan fingerprint density at radius 2 is 0.507 bits per heavy atom. The lowest BCUT2D eigenvalue weighted by atomic mass is 9.65. The summed E-state index contributed by atoms with van der Waals surface area (Å²) in [6, 6.07) is -1.21. The van der Waals surface area contributed by atoms with Crippen molar-refractivity contribution in [3.05, 3.63) is 139 Å². The van der Waals surface area contributed by atoms with E-state index in [0.29, 0.717) is 38.5 Å². The molecular weight excluding hydrogens is 1020 g/mol. The first-order chi connectivity index (χ1) is 34.6. The molecule has 73 heavy (non-hydrogen) atoms. The van der Waals surface area contributed by atoms with Gasteiger partial charge in [0.25, 0.3) is 0 Å². The van der Waals surface area contributed by atoms with E-state index < -0.39 is 163 Å². The Hall–Kier alpha value is -4.56. The zero-order valence-electron chi connectivity index (χ0n) is 39.8. The van der Waals surface area contributed by atoms with Crippen molar-refractivity contribution >= 4 is 0 Å². The summed E-state index contributed by atoms with van der Waals surface area (Å²) in [5.74, 6) is -56.1. The molecule has 1 N–H and O–H groups in total. The summed E-state index contributed by atoms with van der Waals surface area (Å²) in [6.07, 6.45) is 12.4. The molecule has 0 spiro atoms. The summed E-state index contributed by atoms with van der Waals surface area (Å²) < 4.78 is 298. The molecule has 4 aromatic rings. The van der Waals surface area contributed by atoms with Gasteiger partial charge in [0.05, 0.1) is 5.41 Å². The predicted molar refractivity (Wildman–Crippen MR) is 232 cm³/mol. The van der Waals surface area contributed by atoms with Crippen LogP contribution in [0.15, 0.2) is 0 Å². The van der Waals surface area contributed by atoms with Gasteiger partial charge in [0.1, 0.15) is 0 Å². The van der Waals surface area contributed by atoms with Crippen LogP contribution in [0.25, 0.3) is 0 Å². The molecule has 4 rings (SSSR count). The summed E-state index contributed by atoms with van der Waals surface area (Å²) in [4.78, 5) is 0. The Morgan fingerprint density at radius 3 is 0.808 bits per heavy atom. The highest BCUT2D eigenvalue weighted by atomic mass is 19.2. The quantitative estimate of drug-likeness (QED) is 0.0174. The predicted octanol–water partition coefficient (Wildman–Crippen LogP) is 18.5. The molecule has 1 atom stereocenters. The van der Waals surface area contributed by atoms with E-state index in [4.69, 9.17) is 0 Å². The summed E-state index contributed by atoms with van der Waals surface area (Å²) in [6.45, 7) is 2.40. The molecule has 1 nitrogen and oxygen atoms in total. The van der Waals surface area contributed by atoms with Crippen LogP contribution in [-0.2, 0) is 5.41 Å². The highest BCUT2D eigenvalue weighted by molar-refractivity contribution is 5.54. The van der Waals surface area contributed by atoms with E-state index in [2.05, 4.69) is 12.2 Å². The maximum Gasteiger partial charge on any atom is 0.200 e. The first-order valence-corrected chi connectivity index (χ1v) is 24.4. The summed E-state index contributed by atoms with van der Waals surface area (Å²) >= 11 is 0. The van der Waals surface area contributed by atoms with E-state index >= 15 is 26.3 Å². The Morgan fingerprint density at radius 1 is 0.274 bits per heavy atom. The molecule has 0 heterocycles. The maximum absolute atomic E-state index is 15.7. The summed E-state index contributed by atoms with van der Waals surface area (Å²) in [5, 5.41) is 2.95. The van der Waals surface area contributed by atoms with Crippen molar-refractivity contribution in [3.8, 4) is 0 Å². The van der Waals surface area contributed by atoms with Gasteiger partial charge in [0.2, 0.25) is 23.3 Å². The number of unbranched alkanes of at least 4 members (excludes halogenated alkanes) is 20. The second kappa shape index (κ2) is 28.4. The summed E-state index contributed by atoms with van der Waals surface area (Å²) in [5.41, 5.74) is -13.6. The van der Waals surface area contributed by atoms with Gasteiger partial charge in [-0.25, -0.2) is 87.8 Å². The zero-order chi connectivity index (χ0) is 54.3. The standard InChI is InChI=1S/C52H55F20N/c1-2-3-4-5-6-7-8-11-14-17-20-23-26-73-27(28-32(53)40(61)48(69)41(62)33(28)54)24-21-18-15-12-9-10-13-16-19-22-25-52(29-34(55)42(63)49(70)43(64)35(29)56,30-36(57)44(65)50(71)45(66)37(30)58)31-38(59)46(67)51(72)47(68)39(31)60/h27,73H,2-26H2,1H3. The molecule has 0 saturated carbocycles. The molecule has 4 aromatic carbocycles. The van der Waals surface area contributed by atoms with Gasteiger partial charge in [0, 0.05) is 28.3 Å². The number of hydrogen-bond acceptors (Lipinski definition) is 1. The van der Waals surface area contributed by atoms with Gasteiger partial charge < -0.3 is 5.32 Å². The van der Waals surface area contributed by atoms with Gasteiger partial charge >= 0.3 is 0 Å². The van der Waals surface area contributed by atoms with E-state index in [1.54, 1.807) is 0 Å². The molecule has 0 aliphatic rings. The van der Waals surface area contributed by atoms with Crippen LogP contribution in [-0.4, -0.2) is 6.54 Å². The van der Waals surface area contributed by atoms with E-state index in [9.17, 15) is 61.5 Å². The van der Waals surface area contributed by atoms with Crippen LogP contribution < -0.4 is 5.32 Å². The third-order valence-electron chi connectivity index (χ3n) is 13.2. The monoisotopic (exact) mass is 1070 g/mol. The SMILES string of the molecule is CCCCCCCCCCCCCCNC(CCCCCCCCCCCCC(c1c(F)c(F)c(F)c(F)c1F)(c1c(F)c(F)c(F)c(F)c1F)c1c(F)c(F)c(F)c(F)c1F)c1c(F)c(F)c(F)c(F)c1F. The number of hydrogen-bond donors (Lipinski definition) is 1. The van der Waals surface area contributed by atoms with E-state index in [1.165, 1.54) is 32.1 Å². The molecule has 0 saturated heterocycles. The second-order valence-electron chi connectivity index (χ2n) is 18.2. The minimum atomic E-state index is -4.53. The van der Waals surface area contributed by atoms with Crippen molar-refractivity contribution < 1.29 is 87.8 Å². The molecule has 1 unspecified atom stereocenters. The lowest BCUT2D eigenvalue weighted by Gasteiger charge is -2.37. The van der Waals surface area contributed by atoms with Crippen LogP contribution in [0.3, 0.4) is 0 Å². The van der Waals surface area contributed by atoms with Crippen molar-refractivity contribution in [2.75, 3.05) is 6.54 Å². The lowest BCUT2D eigenvalue weighted by Crippen LogP contribution is -2.39. The normalized spacial score (nSPS) is 12.5. The fraction of sp³-hybridized carbons (Fsp3) is 0.538. The largest absolute Gasteiger partial charge is 0.310 e. The molecule has 0 bridgehead atoms. The van der Waals surface area contributed by atoms with Gasteiger partial charge in [0.15, 0.2) is 93.1 Å². The molecule has 0 amide bonds. The lowest BCUT2D eigenvalue weighted by molar-refractivity contribution is 0.307. The average Bonchev–Trinajstić information content (AvgIpc) is 3.37. The molecule has 408 valence electrons. The first-order valence-electron chi connectivity index (χ1n) is 24.4. The van der Waals surface area contributed by atoms with Gasteiger partial charge in [-0.15, -0.1) is 0 Å². The highest BCUT2D eigenvalue weighted by Gasteiger charge is 2.53. The van der Waals surface area contributed by atoms with Crippen molar-refractivity contribution in [3.63, 3.8) is 0 Å². The number of halogens is 20. The minimum Gasteiger partial charge on any atom is -0.310 e. The van der Waals surface area contributed by atoms with Gasteiger partial charge in [-0.2, -0.15) is 0 Å². The van der Waals surface area contributed by atoms with Gasteiger partial charge in [-0.3, -0.25) is 0 Å². The van der Waals surface area contributed by atoms with Crippen LogP contribution in [0.1, 0.15) is 189 Å². The molecule has 0 aliphatic carbocycles. The molecule has 0 aliphatic heterocycles. The van der Waals surface area contributed by atoms with Gasteiger partial charge in [-0.1, -0.05) is 142 Å². The Bertz CT molecular complexity index is 2210. The van der Waals surface area contributed by atoms with Crippen molar-refractivity contribution in [1.82, 2.24) is 5.32 Å². The van der Waals surface area contributed by atoms with Crippen LogP contribution in [0.5, 0.6) is 0 Å². The van der Waals surface area contributed by atoms with Crippen LogP contribution in [0, 0.1) is 116 Å². The average molecular weight is 1070 g/mol. The Balaban J connectivity index is 1.41. The van der Waals surface area contributed by atoms with E-state index in [1.807, 2.05) is 0 Å². The minimum absolute atomic E-state index is 0.000883. The van der Waals surface area contributed by atoms with Crippen LogP contribution >= 0.6 is 0 Å². The van der Waals surface area contributed by atoms with Crippen LogP contribution in [0.4, 0.5) is 87.8 Å². The molecular formula is C52H55F20N. The fourth-order valence-corrected chi connectivity index (χ4v) is 9.36. The Labute approximate surface area is 410 Å². The highest BCUT2D eigenvalue weighted by Crippen LogP contribution is 2.52. The molecule has 0 aromatic heterocycles. The topological polar surface area (TPSA) is 12.0 Å². The van der Waals surface area contributed by atoms with Crippen molar-refractivity contribution in [2.24, 2.45) is 0 Å². The molecule has 21 heteroatoms. The van der Waals surface area contributed by atoms with E-state index in [-0.39, 0.29) is 38.6 Å². The molecule has 0 radical (unpaired) electrons. The number of nitrogens with one attached hydrogen (secondary N) is 1. The smallest absolute Gasteiger partial charge is 0.200 e. The third kappa shape index (κ3) is 13.8. The Kier molecular flexibility index (Phi) is 23.7. The number of benzene rings is 4. The fourth-order valence-electron chi connectivity index (χ4n) is 9.36. The van der Waals surface area contributed by atoms with Gasteiger partial charge in [-0.05, 0) is 25.8 Å². The first kappa shape index (κ1) is 61.0. The second-order valence-corrected chi connectivity index (χ2v) is 18.2. The zero-order valence-corrected chi connectivity index (χ0v) is 39.8. The van der Waals surface area contributed by atoms with Crippen LogP contribution in [0.2, 0.25) is 0 Å². The van der Waals surface area contributed by atoms with Crippen molar-refractivity contribution in [2.45, 2.75) is 172 Å². The summed E-state index contributed by atoms with van der Waals surface area (Å²) in [7, 11) is 0. The maximum atomic E-state index is 15.7. The van der Waals surface area contributed by atoms with Crippen molar-refractivity contribution in [1.29, 1.82) is 0 Å². The number of rotatable bonds is 31. The molecule has 0 fully saturated rings. The van der Waals surface area contributed by atoms with E-state index in [0.717, 1.165) is 38.5 Å². The third-order valence-corrected chi connectivity index (χ3v) is 13.2.